The van der Waals surface area contributed by atoms with Crippen LogP contribution in [-0.4, -0.2) is 0 Å². The maximum atomic E-state index is 4.95. The Morgan fingerprint density at radius 3 is 3.09 bits per heavy atom. The molecule has 0 spiro atoms. The Kier molecular flexibility index (Phi) is 2.73. The molecule has 0 aliphatic rings. The van der Waals surface area contributed by atoms with Crippen molar-refractivity contribution >= 4 is 5.57 Å². The quantitative estimate of drug-likeness (QED) is 0.599. The van der Waals surface area contributed by atoms with Gasteiger partial charge in [-0.05, 0) is 25.0 Å². The second-order valence-corrected chi connectivity index (χ2v) is 2.42. The van der Waals surface area contributed by atoms with E-state index in [1.165, 1.54) is 5.57 Å². The van der Waals surface area contributed by atoms with Gasteiger partial charge in [0.05, 0.1) is 12.5 Å². The average molecular weight is 148 g/mol. The van der Waals surface area contributed by atoms with E-state index in [0.29, 0.717) is 0 Å². The molecule has 1 aromatic heterocycles. The Labute approximate surface area is 67.0 Å². The molecule has 58 valence electrons. The third-order valence-corrected chi connectivity index (χ3v) is 1.57. The highest BCUT2D eigenvalue weighted by molar-refractivity contribution is 5.62. The topological polar surface area (TPSA) is 13.1 Å². The van der Waals surface area contributed by atoms with Crippen LogP contribution in [0.5, 0.6) is 0 Å². The van der Waals surface area contributed by atoms with Crippen LogP contribution in [0.1, 0.15) is 18.9 Å². The molecule has 0 fully saturated rings. The van der Waals surface area contributed by atoms with E-state index in [4.69, 9.17) is 4.42 Å². The highest BCUT2D eigenvalue weighted by Crippen LogP contribution is 2.13. The van der Waals surface area contributed by atoms with Gasteiger partial charge in [-0.25, -0.2) is 0 Å². The summed E-state index contributed by atoms with van der Waals surface area (Å²) in [5, 5.41) is 0. The Bertz CT molecular complexity index is 242. The van der Waals surface area contributed by atoms with Crippen molar-refractivity contribution in [2.45, 2.75) is 13.3 Å². The molecule has 1 nitrogen and oxygen atoms in total. The summed E-state index contributed by atoms with van der Waals surface area (Å²) in [7, 11) is 0. The van der Waals surface area contributed by atoms with Gasteiger partial charge in [0.1, 0.15) is 0 Å². The standard InChI is InChI=1S/C10H12O/c1-3-4-5-9(2)10-6-7-11-8-10/h3,5-8H,1,4H2,2H3/b9-5+. The molecule has 0 amide bonds. The Balaban J connectivity index is 2.68. The fourth-order valence-electron chi connectivity index (χ4n) is 0.867. The fourth-order valence-corrected chi connectivity index (χ4v) is 0.867. The van der Waals surface area contributed by atoms with Gasteiger partial charge in [-0.2, -0.15) is 0 Å². The molecule has 1 heteroatoms. The van der Waals surface area contributed by atoms with Gasteiger partial charge in [0.15, 0.2) is 0 Å². The minimum Gasteiger partial charge on any atom is -0.472 e. The maximum absolute atomic E-state index is 4.95. The van der Waals surface area contributed by atoms with Crippen molar-refractivity contribution in [3.05, 3.63) is 42.9 Å². The van der Waals surface area contributed by atoms with E-state index in [1.54, 1.807) is 12.5 Å². The fraction of sp³-hybridized carbons (Fsp3) is 0.200. The third kappa shape index (κ3) is 2.11. The molecule has 0 aromatic carbocycles. The average Bonchev–Trinajstić information content (AvgIpc) is 2.52. The molecule has 0 saturated heterocycles. The first kappa shape index (κ1) is 7.86. The zero-order valence-electron chi connectivity index (χ0n) is 6.71. The first-order chi connectivity index (χ1) is 5.34. The molecular formula is C10H12O. The molecule has 0 atom stereocenters. The van der Waals surface area contributed by atoms with Crippen molar-refractivity contribution < 1.29 is 4.42 Å². The predicted octanol–water partition coefficient (Wildman–Crippen LogP) is 3.26. The minimum atomic E-state index is 0.914. The van der Waals surface area contributed by atoms with Gasteiger partial charge in [0.25, 0.3) is 0 Å². The monoisotopic (exact) mass is 148 g/mol. The Morgan fingerprint density at radius 1 is 1.73 bits per heavy atom. The van der Waals surface area contributed by atoms with Crippen LogP contribution in [0.4, 0.5) is 0 Å². The first-order valence-electron chi connectivity index (χ1n) is 3.65. The van der Waals surface area contributed by atoms with E-state index in [1.807, 2.05) is 12.1 Å². The zero-order chi connectivity index (χ0) is 8.10. The summed E-state index contributed by atoms with van der Waals surface area (Å²) in [5.41, 5.74) is 2.38. The lowest BCUT2D eigenvalue weighted by Crippen LogP contribution is -1.71. The lowest BCUT2D eigenvalue weighted by Gasteiger charge is -1.92. The summed E-state index contributed by atoms with van der Waals surface area (Å²) in [4.78, 5) is 0. The number of hydrogen-bond donors (Lipinski definition) is 0. The van der Waals surface area contributed by atoms with Gasteiger partial charge in [-0.3, -0.25) is 0 Å². The van der Waals surface area contributed by atoms with Gasteiger partial charge < -0.3 is 4.42 Å². The summed E-state index contributed by atoms with van der Waals surface area (Å²) in [6.45, 7) is 5.71. The van der Waals surface area contributed by atoms with Crippen LogP contribution in [0.15, 0.2) is 41.7 Å². The van der Waals surface area contributed by atoms with E-state index >= 15 is 0 Å². The van der Waals surface area contributed by atoms with E-state index in [-0.39, 0.29) is 0 Å². The van der Waals surface area contributed by atoms with Crippen molar-refractivity contribution in [1.82, 2.24) is 0 Å². The number of furan rings is 1. The summed E-state index contributed by atoms with van der Waals surface area (Å²) in [6.07, 6.45) is 8.34. The predicted molar refractivity (Wildman–Crippen MR) is 47.2 cm³/mol. The van der Waals surface area contributed by atoms with Gasteiger partial charge in [0.2, 0.25) is 0 Å². The molecular weight excluding hydrogens is 136 g/mol. The molecule has 0 bridgehead atoms. The van der Waals surface area contributed by atoms with Crippen molar-refractivity contribution in [2.24, 2.45) is 0 Å². The van der Waals surface area contributed by atoms with Crippen molar-refractivity contribution in [2.75, 3.05) is 0 Å². The Morgan fingerprint density at radius 2 is 2.55 bits per heavy atom. The van der Waals surface area contributed by atoms with Crippen LogP contribution in [0.2, 0.25) is 0 Å². The first-order valence-corrected chi connectivity index (χ1v) is 3.65. The van der Waals surface area contributed by atoms with Crippen LogP contribution in [-0.2, 0) is 0 Å². The second-order valence-electron chi connectivity index (χ2n) is 2.42. The molecule has 0 aliphatic carbocycles. The van der Waals surface area contributed by atoms with Gasteiger partial charge >= 0.3 is 0 Å². The summed E-state index contributed by atoms with van der Waals surface area (Å²) in [6, 6.07) is 1.95. The molecule has 11 heavy (non-hydrogen) atoms. The van der Waals surface area contributed by atoms with Crippen LogP contribution in [0, 0.1) is 0 Å². The van der Waals surface area contributed by atoms with Crippen LogP contribution in [0.3, 0.4) is 0 Å². The molecule has 1 aromatic rings. The van der Waals surface area contributed by atoms with Gasteiger partial charge in [-0.1, -0.05) is 12.2 Å². The van der Waals surface area contributed by atoms with Crippen molar-refractivity contribution in [3.8, 4) is 0 Å². The molecule has 0 saturated carbocycles. The van der Waals surface area contributed by atoms with Crippen molar-refractivity contribution in [3.63, 3.8) is 0 Å². The maximum Gasteiger partial charge on any atom is 0.0977 e. The highest BCUT2D eigenvalue weighted by Gasteiger charge is 1.93. The number of hydrogen-bond acceptors (Lipinski definition) is 1. The molecule has 1 heterocycles. The molecule has 1 rings (SSSR count). The van der Waals surface area contributed by atoms with E-state index in [2.05, 4.69) is 19.6 Å². The number of rotatable bonds is 3. The van der Waals surface area contributed by atoms with Crippen LogP contribution < -0.4 is 0 Å². The SMILES string of the molecule is C=CC/C=C(\C)c1ccoc1. The van der Waals surface area contributed by atoms with Gasteiger partial charge in [0, 0.05) is 5.56 Å². The normalized spacial score (nSPS) is 11.5. The number of allylic oxidation sites excluding steroid dienone is 3. The molecule has 0 unspecified atom stereocenters. The molecule has 0 N–H and O–H groups in total. The second kappa shape index (κ2) is 3.81. The summed E-state index contributed by atoms with van der Waals surface area (Å²) >= 11 is 0. The van der Waals surface area contributed by atoms with E-state index < -0.39 is 0 Å². The molecule has 0 radical (unpaired) electrons. The smallest absolute Gasteiger partial charge is 0.0977 e. The summed E-state index contributed by atoms with van der Waals surface area (Å²) in [5.74, 6) is 0. The highest BCUT2D eigenvalue weighted by atomic mass is 16.3. The lowest BCUT2D eigenvalue weighted by molar-refractivity contribution is 0.566. The van der Waals surface area contributed by atoms with Crippen molar-refractivity contribution in [1.29, 1.82) is 0 Å². The largest absolute Gasteiger partial charge is 0.472 e. The Hall–Kier alpha value is -1.24. The zero-order valence-corrected chi connectivity index (χ0v) is 6.71. The van der Waals surface area contributed by atoms with Crippen LogP contribution in [0.25, 0.3) is 5.57 Å². The molecule has 0 aliphatic heterocycles. The summed E-state index contributed by atoms with van der Waals surface area (Å²) < 4.78 is 4.95. The lowest BCUT2D eigenvalue weighted by atomic mass is 10.1. The van der Waals surface area contributed by atoms with Crippen LogP contribution >= 0.6 is 0 Å². The van der Waals surface area contributed by atoms with E-state index in [0.717, 1.165) is 12.0 Å². The minimum absolute atomic E-state index is 0.914. The third-order valence-electron chi connectivity index (χ3n) is 1.57. The van der Waals surface area contributed by atoms with Gasteiger partial charge in [-0.15, -0.1) is 6.58 Å². The van der Waals surface area contributed by atoms with E-state index in [9.17, 15) is 0 Å².